The van der Waals surface area contributed by atoms with Crippen LogP contribution in [-0.2, 0) is 11.2 Å². The van der Waals surface area contributed by atoms with Crippen molar-refractivity contribution >= 4 is 17.2 Å². The summed E-state index contributed by atoms with van der Waals surface area (Å²) in [7, 11) is 2.10. The second-order valence-electron chi connectivity index (χ2n) is 6.23. The molecule has 0 unspecified atom stereocenters. The molecule has 2 heterocycles. The summed E-state index contributed by atoms with van der Waals surface area (Å²) in [6, 6.07) is 8.37. The molecule has 0 aliphatic carbocycles. The fraction of sp³-hybridized carbons (Fsp3) is 0.444. The van der Waals surface area contributed by atoms with Gasteiger partial charge in [0, 0.05) is 36.6 Å². The first-order valence-electron chi connectivity index (χ1n) is 8.02. The van der Waals surface area contributed by atoms with Crippen LogP contribution in [0.1, 0.15) is 15.4 Å². The number of rotatable bonds is 3. The standard InChI is InChI=1S/C18H23N3OS/c1-13-4-6-15(7-5-13)18-16(23-14(2)19-18)12-17(22)21-10-8-20(3)9-11-21/h4-7H,8-12H2,1-3H3. The summed E-state index contributed by atoms with van der Waals surface area (Å²) >= 11 is 1.64. The van der Waals surface area contributed by atoms with E-state index < -0.39 is 0 Å². The van der Waals surface area contributed by atoms with Gasteiger partial charge in [-0.25, -0.2) is 4.98 Å². The molecule has 1 saturated heterocycles. The molecule has 1 aliphatic heterocycles. The number of aromatic nitrogens is 1. The number of thiazole rings is 1. The summed E-state index contributed by atoms with van der Waals surface area (Å²) in [5.74, 6) is 0.218. The summed E-state index contributed by atoms with van der Waals surface area (Å²) in [6.45, 7) is 7.65. The maximum Gasteiger partial charge on any atom is 0.227 e. The molecule has 0 bridgehead atoms. The van der Waals surface area contributed by atoms with Crippen molar-refractivity contribution in [3.05, 3.63) is 39.7 Å². The Kier molecular flexibility index (Phi) is 4.78. The minimum Gasteiger partial charge on any atom is -0.340 e. The first kappa shape index (κ1) is 16.1. The van der Waals surface area contributed by atoms with Crippen molar-refractivity contribution in [1.82, 2.24) is 14.8 Å². The first-order valence-corrected chi connectivity index (χ1v) is 8.84. The van der Waals surface area contributed by atoms with Crippen molar-refractivity contribution in [1.29, 1.82) is 0 Å². The zero-order valence-electron chi connectivity index (χ0n) is 14.0. The van der Waals surface area contributed by atoms with Gasteiger partial charge in [-0.15, -0.1) is 11.3 Å². The van der Waals surface area contributed by atoms with Crippen LogP contribution < -0.4 is 0 Å². The molecule has 1 amide bonds. The van der Waals surface area contributed by atoms with Gasteiger partial charge in [0.05, 0.1) is 17.1 Å². The molecule has 4 nitrogen and oxygen atoms in total. The summed E-state index contributed by atoms with van der Waals surface area (Å²) in [6.07, 6.45) is 0.457. The van der Waals surface area contributed by atoms with E-state index in [4.69, 9.17) is 0 Å². The largest absolute Gasteiger partial charge is 0.340 e. The molecule has 122 valence electrons. The Morgan fingerprint density at radius 3 is 2.43 bits per heavy atom. The van der Waals surface area contributed by atoms with Gasteiger partial charge in [-0.3, -0.25) is 4.79 Å². The van der Waals surface area contributed by atoms with Crippen molar-refractivity contribution in [3.8, 4) is 11.3 Å². The van der Waals surface area contributed by atoms with Crippen LogP contribution in [0, 0.1) is 13.8 Å². The second kappa shape index (κ2) is 6.81. The Bertz CT molecular complexity index is 685. The van der Waals surface area contributed by atoms with E-state index in [1.807, 2.05) is 11.8 Å². The number of nitrogens with zero attached hydrogens (tertiary/aromatic N) is 3. The summed E-state index contributed by atoms with van der Waals surface area (Å²) in [5, 5.41) is 1.02. The van der Waals surface area contributed by atoms with E-state index >= 15 is 0 Å². The van der Waals surface area contributed by atoms with Crippen molar-refractivity contribution in [2.24, 2.45) is 0 Å². The Labute approximate surface area is 141 Å². The lowest BCUT2D eigenvalue weighted by Gasteiger charge is -2.32. The quantitative estimate of drug-likeness (QED) is 0.869. The van der Waals surface area contributed by atoms with Crippen LogP contribution in [-0.4, -0.2) is 53.9 Å². The third-order valence-electron chi connectivity index (χ3n) is 4.30. The first-order chi connectivity index (χ1) is 11.0. The molecule has 1 aliphatic rings. The lowest BCUT2D eigenvalue weighted by atomic mass is 10.1. The summed E-state index contributed by atoms with van der Waals surface area (Å²) in [5.41, 5.74) is 3.30. The van der Waals surface area contributed by atoms with Gasteiger partial charge in [0.1, 0.15) is 0 Å². The van der Waals surface area contributed by atoms with Gasteiger partial charge in [-0.2, -0.15) is 0 Å². The molecule has 1 fully saturated rings. The van der Waals surface area contributed by atoms with Crippen LogP contribution in [0.3, 0.4) is 0 Å². The average molecular weight is 329 g/mol. The second-order valence-corrected chi connectivity index (χ2v) is 7.52. The van der Waals surface area contributed by atoms with Crippen LogP contribution in [0.25, 0.3) is 11.3 Å². The van der Waals surface area contributed by atoms with Crippen LogP contribution in [0.15, 0.2) is 24.3 Å². The molecule has 0 atom stereocenters. The van der Waals surface area contributed by atoms with Crippen molar-refractivity contribution in [3.63, 3.8) is 0 Å². The predicted octanol–water partition coefficient (Wildman–Crippen LogP) is 2.74. The number of piperazine rings is 1. The van der Waals surface area contributed by atoms with Gasteiger partial charge >= 0.3 is 0 Å². The SMILES string of the molecule is Cc1ccc(-c2nc(C)sc2CC(=O)N2CCN(C)CC2)cc1. The minimum atomic E-state index is 0.218. The van der Waals surface area contributed by atoms with Gasteiger partial charge in [0.15, 0.2) is 0 Å². The molecule has 2 aromatic rings. The predicted molar refractivity (Wildman–Crippen MR) is 94.8 cm³/mol. The maximum absolute atomic E-state index is 12.6. The van der Waals surface area contributed by atoms with E-state index in [9.17, 15) is 4.79 Å². The molecule has 0 spiro atoms. The summed E-state index contributed by atoms with van der Waals surface area (Å²) < 4.78 is 0. The number of amides is 1. The molecule has 0 N–H and O–H groups in total. The number of likely N-dealkylation sites (N-methyl/N-ethyl adjacent to an activating group) is 1. The maximum atomic E-state index is 12.6. The third kappa shape index (κ3) is 3.79. The smallest absolute Gasteiger partial charge is 0.227 e. The number of carbonyl (C=O) groups is 1. The molecule has 0 saturated carbocycles. The van der Waals surface area contributed by atoms with Crippen molar-refractivity contribution in [2.45, 2.75) is 20.3 Å². The Morgan fingerprint density at radius 2 is 1.78 bits per heavy atom. The van der Waals surface area contributed by atoms with E-state index in [1.54, 1.807) is 11.3 Å². The van der Waals surface area contributed by atoms with Crippen LogP contribution >= 0.6 is 11.3 Å². The molecular weight excluding hydrogens is 306 g/mol. The van der Waals surface area contributed by atoms with Crippen molar-refractivity contribution < 1.29 is 4.79 Å². The highest BCUT2D eigenvalue weighted by molar-refractivity contribution is 7.12. The third-order valence-corrected chi connectivity index (χ3v) is 5.27. The number of aryl methyl sites for hydroxylation is 2. The Balaban J connectivity index is 1.78. The molecule has 5 heteroatoms. The van der Waals surface area contributed by atoms with Gasteiger partial charge in [0.25, 0.3) is 0 Å². The van der Waals surface area contributed by atoms with E-state index in [0.29, 0.717) is 6.42 Å². The number of hydrogen-bond donors (Lipinski definition) is 0. The molecule has 23 heavy (non-hydrogen) atoms. The monoisotopic (exact) mass is 329 g/mol. The number of carbonyl (C=O) groups excluding carboxylic acids is 1. The van der Waals surface area contributed by atoms with E-state index in [1.165, 1.54) is 5.56 Å². The van der Waals surface area contributed by atoms with Gasteiger partial charge in [-0.05, 0) is 20.9 Å². The van der Waals surface area contributed by atoms with Crippen molar-refractivity contribution in [2.75, 3.05) is 33.2 Å². The topological polar surface area (TPSA) is 36.4 Å². The Morgan fingerprint density at radius 1 is 1.13 bits per heavy atom. The summed E-state index contributed by atoms with van der Waals surface area (Å²) in [4.78, 5) is 22.6. The molecule has 3 rings (SSSR count). The average Bonchev–Trinajstić information content (AvgIpc) is 2.89. The number of benzene rings is 1. The molecule has 1 aromatic heterocycles. The Hall–Kier alpha value is -1.72. The molecule has 0 radical (unpaired) electrons. The van der Waals surface area contributed by atoms with Gasteiger partial charge < -0.3 is 9.80 Å². The van der Waals surface area contributed by atoms with Crippen LogP contribution in [0.4, 0.5) is 0 Å². The highest BCUT2D eigenvalue weighted by Gasteiger charge is 2.22. The minimum absolute atomic E-state index is 0.218. The van der Waals surface area contributed by atoms with E-state index in [-0.39, 0.29) is 5.91 Å². The highest BCUT2D eigenvalue weighted by Crippen LogP contribution is 2.29. The van der Waals surface area contributed by atoms with E-state index in [0.717, 1.165) is 47.3 Å². The lowest BCUT2D eigenvalue weighted by molar-refractivity contribution is -0.131. The van der Waals surface area contributed by atoms with Gasteiger partial charge in [-0.1, -0.05) is 29.8 Å². The fourth-order valence-corrected chi connectivity index (χ4v) is 3.78. The highest BCUT2D eigenvalue weighted by atomic mass is 32.1. The molecular formula is C18H23N3OS. The van der Waals surface area contributed by atoms with E-state index in [2.05, 4.69) is 48.1 Å². The van der Waals surface area contributed by atoms with Crippen LogP contribution in [0.2, 0.25) is 0 Å². The zero-order chi connectivity index (χ0) is 16.4. The molecule has 1 aromatic carbocycles. The zero-order valence-corrected chi connectivity index (χ0v) is 14.8. The van der Waals surface area contributed by atoms with Gasteiger partial charge in [0.2, 0.25) is 5.91 Å². The fourth-order valence-electron chi connectivity index (χ4n) is 2.83. The normalized spacial score (nSPS) is 15.9. The lowest BCUT2D eigenvalue weighted by Crippen LogP contribution is -2.47. The van der Waals surface area contributed by atoms with Crippen LogP contribution in [0.5, 0.6) is 0 Å². The number of hydrogen-bond acceptors (Lipinski definition) is 4.